The number of halogens is 4. The zero-order valence-corrected chi connectivity index (χ0v) is 10.1. The fourth-order valence-electron chi connectivity index (χ4n) is 1.82. The lowest BCUT2D eigenvalue weighted by atomic mass is 10.1. The molecule has 1 saturated carbocycles. The Labute approximate surface area is 97.8 Å². The fourth-order valence-corrected chi connectivity index (χ4v) is 3.86. The van der Waals surface area contributed by atoms with Gasteiger partial charge in [-0.15, -0.1) is 11.3 Å². The molecule has 0 saturated heterocycles. The van der Waals surface area contributed by atoms with Gasteiger partial charge in [-0.25, -0.2) is 4.98 Å². The van der Waals surface area contributed by atoms with Crippen molar-refractivity contribution in [3.05, 3.63) is 16.1 Å². The Bertz CT molecular complexity index is 349. The highest BCUT2D eigenvalue weighted by atomic mass is 79.9. The van der Waals surface area contributed by atoms with E-state index < -0.39 is 11.2 Å². The summed E-state index contributed by atoms with van der Waals surface area (Å²) in [7, 11) is 0. The third-order valence-electron chi connectivity index (χ3n) is 2.56. The summed E-state index contributed by atoms with van der Waals surface area (Å²) in [6.07, 6.45) is 0.125. The van der Waals surface area contributed by atoms with Crippen LogP contribution in [0.4, 0.5) is 13.2 Å². The van der Waals surface area contributed by atoms with Crippen LogP contribution < -0.4 is 0 Å². The number of nitrogens with zero attached hydrogens (tertiary/aromatic N) is 1. The van der Waals surface area contributed by atoms with Crippen LogP contribution in [0, 0.1) is 0 Å². The monoisotopic (exact) mass is 299 g/mol. The van der Waals surface area contributed by atoms with Gasteiger partial charge in [-0.3, -0.25) is 0 Å². The van der Waals surface area contributed by atoms with Gasteiger partial charge < -0.3 is 0 Å². The van der Waals surface area contributed by atoms with E-state index in [1.807, 2.05) is 0 Å². The molecule has 15 heavy (non-hydrogen) atoms. The lowest BCUT2D eigenvalue weighted by Gasteiger charge is -2.10. The molecule has 0 spiro atoms. The third kappa shape index (κ3) is 2.36. The van der Waals surface area contributed by atoms with Gasteiger partial charge >= 0.3 is 6.18 Å². The van der Waals surface area contributed by atoms with Crippen molar-refractivity contribution in [3.8, 4) is 0 Å². The summed E-state index contributed by atoms with van der Waals surface area (Å²) < 4.78 is 37.0. The van der Waals surface area contributed by atoms with Gasteiger partial charge in [0.1, 0.15) is 0 Å². The first-order chi connectivity index (χ1) is 6.98. The summed E-state index contributed by atoms with van der Waals surface area (Å²) in [5, 5.41) is -0.732. The number of rotatable bonds is 1. The largest absolute Gasteiger partial charge is 0.443 e. The number of thiazole rings is 1. The molecular weight excluding hydrogens is 291 g/mol. The Morgan fingerprint density at radius 3 is 2.60 bits per heavy atom. The molecule has 0 N–H and O–H groups in total. The summed E-state index contributed by atoms with van der Waals surface area (Å²) in [6, 6.07) is 0. The summed E-state index contributed by atoms with van der Waals surface area (Å²) >= 11 is 4.27. The van der Waals surface area contributed by atoms with Gasteiger partial charge in [0.05, 0.1) is 0 Å². The fraction of sp³-hybridized carbons (Fsp3) is 0.667. The zero-order valence-electron chi connectivity index (χ0n) is 7.72. The van der Waals surface area contributed by atoms with Gasteiger partial charge in [-0.1, -0.05) is 22.4 Å². The molecule has 2 rings (SSSR count). The molecular formula is C9H9BrF3NS. The maximum Gasteiger partial charge on any atom is 0.443 e. The normalized spacial score (nSPS) is 27.2. The minimum Gasteiger partial charge on any atom is -0.240 e. The summed E-state index contributed by atoms with van der Waals surface area (Å²) in [5.41, 5.74) is 0. The summed E-state index contributed by atoms with van der Waals surface area (Å²) in [6.45, 7) is 0. The van der Waals surface area contributed by atoms with E-state index in [-0.39, 0.29) is 5.92 Å². The average molecular weight is 300 g/mol. The molecule has 0 bridgehead atoms. The van der Waals surface area contributed by atoms with Gasteiger partial charge in [-0.2, -0.15) is 13.2 Å². The van der Waals surface area contributed by atoms with Gasteiger partial charge in [0.15, 0.2) is 5.01 Å². The zero-order chi connectivity index (χ0) is 11.1. The van der Waals surface area contributed by atoms with Crippen LogP contribution in [0.15, 0.2) is 6.20 Å². The number of hydrogen-bond acceptors (Lipinski definition) is 2. The van der Waals surface area contributed by atoms with Crippen LogP contribution in [0.1, 0.15) is 35.1 Å². The van der Waals surface area contributed by atoms with Crippen LogP contribution in [-0.4, -0.2) is 9.81 Å². The van der Waals surface area contributed by atoms with Crippen LogP contribution >= 0.6 is 27.3 Å². The Balaban J connectivity index is 2.20. The predicted octanol–water partition coefficient (Wildman–Crippen LogP) is 4.19. The standard InChI is InChI=1S/C9H9BrF3NS/c10-6-3-1-2-5(6)7-4-14-8(15-7)9(11,12)13/h4-6H,1-3H2. The Kier molecular flexibility index (Phi) is 3.07. The van der Waals surface area contributed by atoms with E-state index in [2.05, 4.69) is 20.9 Å². The van der Waals surface area contributed by atoms with E-state index in [9.17, 15) is 13.2 Å². The summed E-state index contributed by atoms with van der Waals surface area (Å²) in [4.78, 5) is 4.50. The van der Waals surface area contributed by atoms with E-state index in [0.29, 0.717) is 4.83 Å². The van der Waals surface area contributed by atoms with Crippen molar-refractivity contribution in [2.45, 2.75) is 36.2 Å². The molecule has 2 unspecified atom stereocenters. The van der Waals surface area contributed by atoms with E-state index in [1.165, 1.54) is 6.20 Å². The molecule has 84 valence electrons. The second kappa shape index (κ2) is 4.05. The van der Waals surface area contributed by atoms with Gasteiger partial charge in [0.2, 0.25) is 0 Å². The van der Waals surface area contributed by atoms with Crippen molar-refractivity contribution >= 4 is 27.3 Å². The molecule has 0 aliphatic heterocycles. The molecule has 0 radical (unpaired) electrons. The highest BCUT2D eigenvalue weighted by molar-refractivity contribution is 9.09. The first-order valence-electron chi connectivity index (χ1n) is 4.65. The Hall–Kier alpha value is -0.100. The molecule has 1 nitrogen and oxygen atoms in total. The molecule has 0 aromatic carbocycles. The molecule has 0 amide bonds. The van der Waals surface area contributed by atoms with E-state index in [4.69, 9.17) is 0 Å². The molecule has 2 atom stereocenters. The van der Waals surface area contributed by atoms with E-state index >= 15 is 0 Å². The third-order valence-corrected chi connectivity index (χ3v) is 4.83. The minimum atomic E-state index is -4.30. The molecule has 1 aromatic heterocycles. The highest BCUT2D eigenvalue weighted by Gasteiger charge is 2.36. The highest BCUT2D eigenvalue weighted by Crippen LogP contribution is 2.43. The van der Waals surface area contributed by atoms with Crippen LogP contribution in [0.3, 0.4) is 0 Å². The van der Waals surface area contributed by atoms with Crippen LogP contribution in [0.5, 0.6) is 0 Å². The average Bonchev–Trinajstić information content (AvgIpc) is 2.69. The second-order valence-corrected chi connectivity index (χ2v) is 5.86. The smallest absolute Gasteiger partial charge is 0.240 e. The van der Waals surface area contributed by atoms with Gasteiger partial charge in [-0.05, 0) is 12.8 Å². The van der Waals surface area contributed by atoms with E-state index in [0.717, 1.165) is 35.5 Å². The SMILES string of the molecule is FC(F)(F)c1ncc(C2CCCC2Br)s1. The van der Waals surface area contributed by atoms with Gasteiger partial charge in [0, 0.05) is 21.8 Å². The van der Waals surface area contributed by atoms with Crippen molar-refractivity contribution in [3.63, 3.8) is 0 Å². The first-order valence-corrected chi connectivity index (χ1v) is 6.38. The van der Waals surface area contributed by atoms with Crippen molar-refractivity contribution in [1.82, 2.24) is 4.98 Å². The maximum absolute atomic E-state index is 12.3. The van der Waals surface area contributed by atoms with E-state index in [1.54, 1.807) is 0 Å². The molecule has 1 fully saturated rings. The topological polar surface area (TPSA) is 12.9 Å². The molecule has 1 aliphatic carbocycles. The summed E-state index contributed by atoms with van der Waals surface area (Å²) in [5.74, 6) is 0.207. The number of aromatic nitrogens is 1. The molecule has 1 aliphatic rings. The first kappa shape index (κ1) is 11.4. The second-order valence-electron chi connectivity index (χ2n) is 3.62. The number of alkyl halides is 4. The minimum absolute atomic E-state index is 0.207. The van der Waals surface area contributed by atoms with Gasteiger partial charge in [0.25, 0.3) is 0 Å². The van der Waals surface area contributed by atoms with Crippen LogP contribution in [-0.2, 0) is 6.18 Å². The molecule has 1 aromatic rings. The van der Waals surface area contributed by atoms with Crippen molar-refractivity contribution in [2.24, 2.45) is 0 Å². The van der Waals surface area contributed by atoms with Crippen molar-refractivity contribution < 1.29 is 13.2 Å². The van der Waals surface area contributed by atoms with Crippen LogP contribution in [0.2, 0.25) is 0 Å². The predicted molar refractivity (Wildman–Crippen MR) is 56.4 cm³/mol. The van der Waals surface area contributed by atoms with Crippen molar-refractivity contribution in [1.29, 1.82) is 0 Å². The Morgan fingerprint density at radius 2 is 2.13 bits per heavy atom. The maximum atomic E-state index is 12.3. The molecule has 1 heterocycles. The number of hydrogen-bond donors (Lipinski definition) is 0. The lowest BCUT2D eigenvalue weighted by molar-refractivity contribution is -0.137. The van der Waals surface area contributed by atoms with Crippen molar-refractivity contribution in [2.75, 3.05) is 0 Å². The molecule has 6 heteroatoms. The quantitative estimate of drug-likeness (QED) is 0.709. The van der Waals surface area contributed by atoms with Crippen LogP contribution in [0.25, 0.3) is 0 Å². The Morgan fingerprint density at radius 1 is 1.40 bits per heavy atom. The lowest BCUT2D eigenvalue weighted by Crippen LogP contribution is -2.03.